The van der Waals surface area contributed by atoms with Crippen molar-refractivity contribution in [1.82, 2.24) is 14.5 Å². The number of ketones is 1. The molecule has 0 amide bonds. The highest BCUT2D eigenvalue weighted by molar-refractivity contribution is 7.14. The van der Waals surface area contributed by atoms with E-state index in [1.165, 1.54) is 4.88 Å². The monoisotopic (exact) mass is 445 g/mol. The summed E-state index contributed by atoms with van der Waals surface area (Å²) in [6.45, 7) is 2.04. The number of imidazole rings is 1. The molecule has 6 heteroatoms. The maximum absolute atomic E-state index is 12.8. The highest BCUT2D eigenvalue weighted by atomic mass is 32.1. The van der Waals surface area contributed by atoms with Crippen molar-refractivity contribution >= 4 is 28.2 Å². The highest BCUT2D eigenvalue weighted by Crippen LogP contribution is 2.39. The molecular formula is C26H27N3O2S. The molecule has 3 aromatic heterocycles. The van der Waals surface area contributed by atoms with Gasteiger partial charge < -0.3 is 9.67 Å². The van der Waals surface area contributed by atoms with Crippen LogP contribution in [0.4, 0.5) is 0 Å². The molecule has 1 aliphatic carbocycles. The number of carbonyl (C=O) groups is 1. The van der Waals surface area contributed by atoms with Gasteiger partial charge in [0.1, 0.15) is 5.69 Å². The second kappa shape index (κ2) is 8.96. The lowest BCUT2D eigenvalue weighted by molar-refractivity contribution is 0.0946. The summed E-state index contributed by atoms with van der Waals surface area (Å²) in [6.07, 6.45) is 6.62. The van der Waals surface area contributed by atoms with Crippen LogP contribution in [-0.4, -0.2) is 25.4 Å². The molecular weight excluding hydrogens is 418 g/mol. The Bertz CT molecular complexity index is 1240. The Labute approximate surface area is 191 Å². The molecule has 0 unspecified atom stereocenters. The van der Waals surface area contributed by atoms with Gasteiger partial charge in [-0.1, -0.05) is 18.6 Å². The molecule has 0 spiro atoms. The molecule has 0 saturated heterocycles. The third-order valence-electron chi connectivity index (χ3n) is 6.44. The maximum atomic E-state index is 12.8. The molecule has 164 valence electrons. The molecule has 4 aromatic rings. The molecule has 5 nitrogen and oxygen atoms in total. The summed E-state index contributed by atoms with van der Waals surface area (Å²) in [4.78, 5) is 24.4. The van der Waals surface area contributed by atoms with Crippen LogP contribution in [-0.2, 0) is 6.61 Å². The van der Waals surface area contributed by atoms with E-state index in [2.05, 4.69) is 15.6 Å². The van der Waals surface area contributed by atoms with E-state index in [4.69, 9.17) is 4.98 Å². The second-order valence-corrected chi connectivity index (χ2v) is 10.0. The van der Waals surface area contributed by atoms with Crippen molar-refractivity contribution in [1.29, 1.82) is 0 Å². The van der Waals surface area contributed by atoms with Gasteiger partial charge >= 0.3 is 0 Å². The van der Waals surface area contributed by atoms with E-state index in [1.807, 2.05) is 49.4 Å². The Hall–Kier alpha value is -2.83. The maximum Gasteiger partial charge on any atom is 0.173 e. The van der Waals surface area contributed by atoms with Gasteiger partial charge in [-0.3, -0.25) is 9.78 Å². The summed E-state index contributed by atoms with van der Waals surface area (Å²) < 4.78 is 2.32. The van der Waals surface area contributed by atoms with Crippen molar-refractivity contribution in [2.45, 2.75) is 51.7 Å². The van der Waals surface area contributed by atoms with E-state index in [1.54, 1.807) is 17.5 Å². The normalized spacial score (nSPS) is 18.8. The number of Topliss-reactive ketones (excluding diaryl/α,β-unsaturated/α-hetero) is 1. The first-order valence-corrected chi connectivity index (χ1v) is 12.1. The van der Waals surface area contributed by atoms with Crippen LogP contribution >= 0.6 is 11.3 Å². The number of hydrogen-bond donors (Lipinski definition) is 1. The Kier molecular flexibility index (Phi) is 5.89. The lowest BCUT2D eigenvalue weighted by Crippen LogP contribution is -2.22. The topological polar surface area (TPSA) is 68.0 Å². The molecule has 1 saturated carbocycles. The van der Waals surface area contributed by atoms with E-state index in [0.29, 0.717) is 12.3 Å². The first-order chi connectivity index (χ1) is 15.6. The molecule has 1 aliphatic rings. The predicted octanol–water partition coefficient (Wildman–Crippen LogP) is 5.96. The van der Waals surface area contributed by atoms with Crippen LogP contribution in [0.5, 0.6) is 0 Å². The van der Waals surface area contributed by atoms with Crippen molar-refractivity contribution in [3.8, 4) is 11.5 Å². The van der Waals surface area contributed by atoms with Gasteiger partial charge in [0, 0.05) is 23.5 Å². The van der Waals surface area contributed by atoms with E-state index in [9.17, 15) is 9.90 Å². The van der Waals surface area contributed by atoms with Crippen molar-refractivity contribution in [2.24, 2.45) is 5.92 Å². The Morgan fingerprint density at radius 1 is 1.19 bits per heavy atom. The summed E-state index contributed by atoms with van der Waals surface area (Å²) in [5.41, 5.74) is 3.65. The largest absolute Gasteiger partial charge is 0.392 e. The fourth-order valence-electron chi connectivity index (χ4n) is 4.92. The van der Waals surface area contributed by atoms with Crippen LogP contribution in [0.2, 0.25) is 0 Å². The van der Waals surface area contributed by atoms with Crippen molar-refractivity contribution in [3.63, 3.8) is 0 Å². The SMILES string of the molecule is Cc1ccc(C(=O)C[C@H]2CCC[C@@H](n3c(-c4ccccn4)nc4cc(CO)ccc43)C2)s1. The number of hydrogen-bond acceptors (Lipinski definition) is 5. The zero-order valence-electron chi connectivity index (χ0n) is 18.2. The Morgan fingerprint density at radius 3 is 2.84 bits per heavy atom. The van der Waals surface area contributed by atoms with E-state index < -0.39 is 0 Å². The lowest BCUT2D eigenvalue weighted by Gasteiger charge is -2.31. The standard InChI is InChI=1S/C26H27N3O2S/c1-17-8-11-25(32-17)24(31)15-18-5-4-6-20(13-18)29-23-10-9-19(16-30)14-22(23)28-26(29)21-7-2-3-12-27-21/h2-3,7-12,14,18,20,30H,4-6,13,15-16H2,1H3/t18-,20+/m0/s1. The number of benzene rings is 1. The highest BCUT2D eigenvalue weighted by Gasteiger charge is 2.29. The van der Waals surface area contributed by atoms with Crippen LogP contribution in [0.3, 0.4) is 0 Å². The van der Waals surface area contributed by atoms with Crippen LogP contribution in [0, 0.1) is 12.8 Å². The molecule has 0 aliphatic heterocycles. The zero-order valence-corrected chi connectivity index (χ0v) is 19.0. The van der Waals surface area contributed by atoms with Gasteiger partial charge in [-0.15, -0.1) is 11.3 Å². The third-order valence-corrected chi connectivity index (χ3v) is 7.48. The van der Waals surface area contributed by atoms with Crippen LogP contribution in [0.25, 0.3) is 22.6 Å². The minimum atomic E-state index is -0.00245. The summed E-state index contributed by atoms with van der Waals surface area (Å²) in [5.74, 6) is 1.50. The van der Waals surface area contributed by atoms with Gasteiger partial charge in [0.05, 0.1) is 22.5 Å². The van der Waals surface area contributed by atoms with Gasteiger partial charge in [-0.2, -0.15) is 0 Å². The van der Waals surface area contributed by atoms with Gasteiger partial charge in [-0.05, 0) is 74.1 Å². The molecule has 0 radical (unpaired) electrons. The fourth-order valence-corrected chi connectivity index (χ4v) is 5.73. The molecule has 1 fully saturated rings. The van der Waals surface area contributed by atoms with Crippen LogP contribution < -0.4 is 0 Å². The minimum Gasteiger partial charge on any atom is -0.392 e. The summed E-state index contributed by atoms with van der Waals surface area (Å²) in [5, 5.41) is 9.57. The first kappa shape index (κ1) is 21.0. The van der Waals surface area contributed by atoms with Gasteiger partial charge in [0.2, 0.25) is 0 Å². The summed E-state index contributed by atoms with van der Waals surface area (Å²) in [7, 11) is 0. The molecule has 3 heterocycles. The number of aromatic nitrogens is 3. The summed E-state index contributed by atoms with van der Waals surface area (Å²) >= 11 is 1.59. The van der Waals surface area contributed by atoms with Crippen molar-refractivity contribution in [2.75, 3.05) is 0 Å². The average Bonchev–Trinajstić information content (AvgIpc) is 3.43. The van der Waals surface area contributed by atoms with Gasteiger partial charge in [0.15, 0.2) is 11.6 Å². The molecule has 32 heavy (non-hydrogen) atoms. The molecule has 1 aromatic carbocycles. The van der Waals surface area contributed by atoms with E-state index >= 15 is 0 Å². The Balaban J connectivity index is 1.48. The molecule has 1 N–H and O–H groups in total. The Morgan fingerprint density at radius 2 is 2.09 bits per heavy atom. The van der Waals surface area contributed by atoms with E-state index in [0.717, 1.165) is 58.7 Å². The summed E-state index contributed by atoms with van der Waals surface area (Å²) in [6, 6.07) is 16.1. The second-order valence-electron chi connectivity index (χ2n) is 8.73. The zero-order chi connectivity index (χ0) is 22.1. The molecule has 5 rings (SSSR count). The fraction of sp³-hybridized carbons (Fsp3) is 0.346. The smallest absolute Gasteiger partial charge is 0.173 e. The lowest BCUT2D eigenvalue weighted by atomic mass is 9.82. The number of rotatable bonds is 6. The average molecular weight is 446 g/mol. The number of thiophene rings is 1. The van der Waals surface area contributed by atoms with Gasteiger partial charge in [0.25, 0.3) is 0 Å². The van der Waals surface area contributed by atoms with Crippen LogP contribution in [0.15, 0.2) is 54.7 Å². The van der Waals surface area contributed by atoms with Crippen molar-refractivity contribution < 1.29 is 9.90 Å². The third kappa shape index (κ3) is 4.12. The number of nitrogens with zero attached hydrogens (tertiary/aromatic N) is 3. The van der Waals surface area contributed by atoms with Crippen molar-refractivity contribution in [3.05, 3.63) is 70.0 Å². The number of aliphatic hydroxyl groups is 1. The number of pyridine rings is 1. The minimum absolute atomic E-state index is 0.00245. The quantitative estimate of drug-likeness (QED) is 0.372. The van der Waals surface area contributed by atoms with Gasteiger partial charge in [-0.25, -0.2) is 4.98 Å². The number of aliphatic hydroxyl groups excluding tert-OH is 1. The number of fused-ring (bicyclic) bond motifs is 1. The van der Waals surface area contributed by atoms with E-state index in [-0.39, 0.29) is 18.4 Å². The first-order valence-electron chi connectivity index (χ1n) is 11.2. The molecule has 2 atom stereocenters. The number of aryl methyl sites for hydroxylation is 1. The molecule has 0 bridgehead atoms. The predicted molar refractivity (Wildman–Crippen MR) is 128 cm³/mol. The number of carbonyl (C=O) groups excluding carboxylic acids is 1. The van der Waals surface area contributed by atoms with Crippen LogP contribution in [0.1, 0.15) is 58.3 Å².